The van der Waals surface area contributed by atoms with E-state index in [1.807, 2.05) is 6.92 Å². The SMILES string of the molecule is Cc1nnc(NC(=O)C(C)Sc2nnc(-c3cccc(F)c3)n2C)s1. The van der Waals surface area contributed by atoms with Gasteiger partial charge >= 0.3 is 0 Å². The van der Waals surface area contributed by atoms with Gasteiger partial charge in [0.2, 0.25) is 11.0 Å². The van der Waals surface area contributed by atoms with Crippen LogP contribution in [0.3, 0.4) is 0 Å². The molecule has 3 aromatic rings. The number of thioether (sulfide) groups is 1. The fourth-order valence-electron chi connectivity index (χ4n) is 2.06. The number of nitrogens with zero attached hydrogens (tertiary/aromatic N) is 5. The van der Waals surface area contributed by atoms with E-state index < -0.39 is 5.25 Å². The van der Waals surface area contributed by atoms with Crippen molar-refractivity contribution in [2.45, 2.75) is 24.3 Å². The molecule has 7 nitrogen and oxygen atoms in total. The summed E-state index contributed by atoms with van der Waals surface area (Å²) in [4.78, 5) is 12.3. The minimum atomic E-state index is -0.410. The molecule has 0 radical (unpaired) electrons. The zero-order valence-corrected chi connectivity index (χ0v) is 15.4. The highest BCUT2D eigenvalue weighted by atomic mass is 32.2. The van der Waals surface area contributed by atoms with Crippen molar-refractivity contribution in [3.8, 4) is 11.4 Å². The van der Waals surface area contributed by atoms with E-state index in [1.54, 1.807) is 30.7 Å². The number of rotatable bonds is 5. The number of halogens is 1. The standard InChI is InChI=1S/C15H15FN6OS2/c1-8(13(23)17-14-20-18-9(2)25-14)24-15-21-19-12(22(15)3)10-5-4-6-11(16)7-10/h4-8H,1-3H3,(H,17,20,23). The van der Waals surface area contributed by atoms with Gasteiger partial charge in [0.1, 0.15) is 10.8 Å². The number of anilines is 1. The second kappa shape index (κ2) is 7.28. The van der Waals surface area contributed by atoms with Crippen molar-refractivity contribution in [2.75, 3.05) is 5.32 Å². The van der Waals surface area contributed by atoms with Crippen molar-refractivity contribution in [3.05, 3.63) is 35.1 Å². The summed E-state index contributed by atoms with van der Waals surface area (Å²) in [5.74, 6) is 0.000566. The lowest BCUT2D eigenvalue weighted by Gasteiger charge is -2.10. The van der Waals surface area contributed by atoms with Crippen LogP contribution in [0.2, 0.25) is 0 Å². The highest BCUT2D eigenvalue weighted by Crippen LogP contribution is 2.26. The zero-order chi connectivity index (χ0) is 18.0. The summed E-state index contributed by atoms with van der Waals surface area (Å²) in [6.07, 6.45) is 0. The molecule has 1 atom stereocenters. The third-order valence-corrected chi connectivity index (χ3v) is 5.21. The van der Waals surface area contributed by atoms with Crippen molar-refractivity contribution in [1.82, 2.24) is 25.0 Å². The minimum Gasteiger partial charge on any atom is -0.305 e. The van der Waals surface area contributed by atoms with Crippen LogP contribution in [-0.4, -0.2) is 36.1 Å². The monoisotopic (exact) mass is 378 g/mol. The van der Waals surface area contributed by atoms with Crippen molar-refractivity contribution >= 4 is 34.1 Å². The fraction of sp³-hybridized carbons (Fsp3) is 0.267. The van der Waals surface area contributed by atoms with Crippen molar-refractivity contribution < 1.29 is 9.18 Å². The fourth-order valence-corrected chi connectivity index (χ4v) is 3.47. The topological polar surface area (TPSA) is 85.6 Å². The van der Waals surface area contributed by atoms with Crippen LogP contribution in [0.1, 0.15) is 11.9 Å². The third-order valence-electron chi connectivity index (χ3n) is 3.33. The Morgan fingerprint density at radius 2 is 2.12 bits per heavy atom. The van der Waals surface area contributed by atoms with Crippen LogP contribution in [0.4, 0.5) is 9.52 Å². The van der Waals surface area contributed by atoms with Crippen LogP contribution in [0.15, 0.2) is 29.4 Å². The number of carbonyl (C=O) groups is 1. The van der Waals surface area contributed by atoms with E-state index in [4.69, 9.17) is 0 Å². The molecule has 0 aliphatic heterocycles. The van der Waals surface area contributed by atoms with Gasteiger partial charge in [-0.1, -0.05) is 35.2 Å². The van der Waals surface area contributed by atoms with Gasteiger partial charge in [0.15, 0.2) is 11.0 Å². The predicted molar refractivity (Wildman–Crippen MR) is 95.0 cm³/mol. The molecule has 0 spiro atoms. The quantitative estimate of drug-likeness (QED) is 0.687. The average molecular weight is 378 g/mol. The summed E-state index contributed by atoms with van der Waals surface area (Å²) < 4.78 is 15.1. The Bertz CT molecular complexity index is 909. The van der Waals surface area contributed by atoms with Crippen molar-refractivity contribution in [1.29, 1.82) is 0 Å². The second-order valence-corrected chi connectivity index (χ2v) is 7.74. The molecule has 0 saturated carbocycles. The van der Waals surface area contributed by atoms with E-state index in [9.17, 15) is 9.18 Å². The Kier molecular flexibility index (Phi) is 5.09. The molecule has 10 heteroatoms. The van der Waals surface area contributed by atoms with E-state index in [2.05, 4.69) is 25.7 Å². The normalized spacial score (nSPS) is 12.2. The molecule has 0 bridgehead atoms. The Hall–Kier alpha value is -2.33. The molecule has 130 valence electrons. The molecule has 0 fully saturated rings. The third kappa shape index (κ3) is 4.02. The van der Waals surface area contributed by atoms with Gasteiger partial charge in [-0.25, -0.2) is 4.39 Å². The van der Waals surface area contributed by atoms with Crippen LogP contribution < -0.4 is 5.32 Å². The van der Waals surface area contributed by atoms with Crippen molar-refractivity contribution in [2.24, 2.45) is 7.05 Å². The Labute approximate surface area is 151 Å². The van der Waals surface area contributed by atoms with Gasteiger partial charge in [-0.05, 0) is 26.0 Å². The van der Waals surface area contributed by atoms with Gasteiger partial charge in [-0.15, -0.1) is 20.4 Å². The molecule has 1 aromatic carbocycles. The molecule has 0 aliphatic carbocycles. The van der Waals surface area contributed by atoms with Gasteiger partial charge in [0.05, 0.1) is 5.25 Å². The summed E-state index contributed by atoms with van der Waals surface area (Å²) in [6.45, 7) is 3.59. The Balaban J connectivity index is 1.71. The smallest absolute Gasteiger partial charge is 0.239 e. The molecule has 2 aromatic heterocycles. The van der Waals surface area contributed by atoms with E-state index >= 15 is 0 Å². The highest BCUT2D eigenvalue weighted by Gasteiger charge is 2.20. The van der Waals surface area contributed by atoms with Gasteiger partial charge < -0.3 is 4.57 Å². The maximum Gasteiger partial charge on any atom is 0.239 e. The van der Waals surface area contributed by atoms with Crippen LogP contribution in [0.5, 0.6) is 0 Å². The molecule has 1 amide bonds. The first-order valence-electron chi connectivity index (χ1n) is 7.37. The molecular formula is C15H15FN6OS2. The highest BCUT2D eigenvalue weighted by molar-refractivity contribution is 8.00. The molecule has 0 aliphatic rings. The zero-order valence-electron chi connectivity index (χ0n) is 13.7. The molecule has 25 heavy (non-hydrogen) atoms. The van der Waals surface area contributed by atoms with Gasteiger partial charge in [0, 0.05) is 12.6 Å². The first-order valence-corrected chi connectivity index (χ1v) is 9.06. The number of benzene rings is 1. The van der Waals surface area contributed by atoms with Crippen LogP contribution in [-0.2, 0) is 11.8 Å². The predicted octanol–water partition coefficient (Wildman–Crippen LogP) is 2.90. The first-order chi connectivity index (χ1) is 11.9. The molecular weight excluding hydrogens is 363 g/mol. The first kappa shape index (κ1) is 17.5. The van der Waals surface area contributed by atoms with Crippen LogP contribution in [0.25, 0.3) is 11.4 Å². The summed E-state index contributed by atoms with van der Waals surface area (Å²) >= 11 is 2.58. The van der Waals surface area contributed by atoms with E-state index in [0.29, 0.717) is 21.7 Å². The number of hydrogen-bond donors (Lipinski definition) is 1. The summed E-state index contributed by atoms with van der Waals surface area (Å²) in [7, 11) is 1.78. The second-order valence-electron chi connectivity index (χ2n) is 5.25. The van der Waals surface area contributed by atoms with Gasteiger partial charge in [0.25, 0.3) is 0 Å². The summed E-state index contributed by atoms with van der Waals surface area (Å²) in [5.41, 5.74) is 0.628. The van der Waals surface area contributed by atoms with Crippen LogP contribution in [0, 0.1) is 12.7 Å². The molecule has 1 N–H and O–H groups in total. The number of aryl methyl sites for hydroxylation is 1. The largest absolute Gasteiger partial charge is 0.305 e. The number of hydrogen-bond acceptors (Lipinski definition) is 7. The van der Waals surface area contributed by atoms with E-state index in [-0.39, 0.29) is 11.7 Å². The van der Waals surface area contributed by atoms with Gasteiger partial charge in [-0.2, -0.15) is 0 Å². The van der Waals surface area contributed by atoms with E-state index in [0.717, 1.165) is 5.01 Å². The number of carbonyl (C=O) groups excluding carboxylic acids is 1. The Morgan fingerprint density at radius 3 is 2.80 bits per heavy atom. The van der Waals surface area contributed by atoms with Crippen molar-refractivity contribution in [3.63, 3.8) is 0 Å². The lowest BCUT2D eigenvalue weighted by molar-refractivity contribution is -0.115. The molecule has 0 saturated heterocycles. The summed E-state index contributed by atoms with van der Waals surface area (Å²) in [6, 6.07) is 6.14. The number of nitrogens with one attached hydrogen (secondary N) is 1. The Morgan fingerprint density at radius 1 is 1.32 bits per heavy atom. The number of aromatic nitrogens is 5. The minimum absolute atomic E-state index is 0.198. The maximum atomic E-state index is 13.4. The molecule has 3 rings (SSSR count). The molecule has 2 heterocycles. The molecule has 1 unspecified atom stereocenters. The lowest BCUT2D eigenvalue weighted by atomic mass is 10.2. The van der Waals surface area contributed by atoms with Gasteiger partial charge in [-0.3, -0.25) is 10.1 Å². The summed E-state index contributed by atoms with van der Waals surface area (Å²) in [5, 5.41) is 20.1. The maximum absolute atomic E-state index is 13.4. The van der Waals surface area contributed by atoms with E-state index in [1.165, 1.54) is 35.2 Å². The lowest BCUT2D eigenvalue weighted by Crippen LogP contribution is -2.22. The number of amides is 1. The van der Waals surface area contributed by atoms with Crippen LogP contribution >= 0.6 is 23.1 Å². The average Bonchev–Trinajstić information content (AvgIpc) is 3.14.